The number of ether oxygens (including phenoxy) is 1. The van der Waals surface area contributed by atoms with Gasteiger partial charge in [-0.3, -0.25) is 0 Å². The molecule has 0 aliphatic heterocycles. The van der Waals surface area contributed by atoms with Crippen molar-refractivity contribution in [3.63, 3.8) is 0 Å². The summed E-state index contributed by atoms with van der Waals surface area (Å²) < 4.78 is 5.66. The van der Waals surface area contributed by atoms with Gasteiger partial charge in [0.15, 0.2) is 0 Å². The summed E-state index contributed by atoms with van der Waals surface area (Å²) in [5, 5.41) is 0. The third kappa shape index (κ3) is 2.05. The van der Waals surface area contributed by atoms with E-state index in [9.17, 15) is 0 Å². The summed E-state index contributed by atoms with van der Waals surface area (Å²) in [6.45, 7) is 6.57. The molecule has 2 nitrogen and oxygen atoms in total. The Morgan fingerprint density at radius 1 is 1.23 bits per heavy atom. The number of methoxy groups -OCH3 is 1. The zero-order chi connectivity index (χ0) is 10.1. The minimum Gasteiger partial charge on any atom is -0.377 e. The summed E-state index contributed by atoms with van der Waals surface area (Å²) in [6.07, 6.45) is 4.78. The molecule has 0 amide bonds. The maximum Gasteiger partial charge on any atom is 0.0833 e. The maximum atomic E-state index is 6.28. The molecule has 0 spiro atoms. The lowest BCUT2D eigenvalue weighted by Gasteiger charge is -2.41. The van der Waals surface area contributed by atoms with E-state index in [4.69, 9.17) is 10.5 Å². The Morgan fingerprint density at radius 3 is 2.00 bits per heavy atom. The van der Waals surface area contributed by atoms with Crippen molar-refractivity contribution in [2.75, 3.05) is 7.11 Å². The Balaban J connectivity index is 2.76. The third-order valence-corrected chi connectivity index (χ3v) is 3.36. The second-order valence-electron chi connectivity index (χ2n) is 5.32. The molecule has 13 heavy (non-hydrogen) atoms. The van der Waals surface area contributed by atoms with Gasteiger partial charge >= 0.3 is 0 Å². The molecule has 1 unspecified atom stereocenters. The molecule has 78 valence electrons. The molecule has 1 atom stereocenters. The molecule has 1 rings (SSSR count). The molecule has 0 aromatic carbocycles. The van der Waals surface area contributed by atoms with Crippen molar-refractivity contribution in [2.24, 2.45) is 11.1 Å². The normalized spacial score (nSPS) is 24.7. The van der Waals surface area contributed by atoms with Crippen LogP contribution in [0.2, 0.25) is 0 Å². The predicted molar refractivity (Wildman–Crippen MR) is 55.6 cm³/mol. The van der Waals surface area contributed by atoms with Crippen LogP contribution in [0.25, 0.3) is 0 Å². The smallest absolute Gasteiger partial charge is 0.0833 e. The van der Waals surface area contributed by atoms with Gasteiger partial charge in [-0.25, -0.2) is 0 Å². The predicted octanol–water partition coefficient (Wildman–Crippen LogP) is 2.32. The minimum absolute atomic E-state index is 0.0434. The summed E-state index contributed by atoms with van der Waals surface area (Å²) in [5.41, 5.74) is 6.37. The fourth-order valence-electron chi connectivity index (χ4n) is 2.40. The van der Waals surface area contributed by atoms with Crippen molar-refractivity contribution < 1.29 is 4.74 Å². The number of nitrogens with two attached hydrogens (primary N) is 1. The summed E-state index contributed by atoms with van der Waals surface area (Å²) in [7, 11) is 1.80. The van der Waals surface area contributed by atoms with Crippen molar-refractivity contribution in [2.45, 2.75) is 58.1 Å². The van der Waals surface area contributed by atoms with Gasteiger partial charge < -0.3 is 10.5 Å². The molecule has 1 aliphatic carbocycles. The Hall–Kier alpha value is -0.0800. The number of rotatable bonds is 2. The molecular formula is C11H23NO. The highest BCUT2D eigenvalue weighted by atomic mass is 16.5. The van der Waals surface area contributed by atoms with Gasteiger partial charge in [0.1, 0.15) is 0 Å². The van der Waals surface area contributed by atoms with E-state index in [0.717, 1.165) is 12.8 Å². The van der Waals surface area contributed by atoms with Crippen molar-refractivity contribution in [1.82, 2.24) is 0 Å². The maximum absolute atomic E-state index is 6.28. The first-order valence-corrected chi connectivity index (χ1v) is 5.23. The zero-order valence-corrected chi connectivity index (χ0v) is 9.39. The monoisotopic (exact) mass is 185 g/mol. The van der Waals surface area contributed by atoms with Crippen LogP contribution in [0.15, 0.2) is 0 Å². The lowest BCUT2D eigenvalue weighted by Crippen LogP contribution is -2.54. The van der Waals surface area contributed by atoms with E-state index in [2.05, 4.69) is 20.8 Å². The van der Waals surface area contributed by atoms with Crippen LogP contribution in [0, 0.1) is 5.41 Å². The molecule has 0 heterocycles. The highest BCUT2D eigenvalue weighted by Crippen LogP contribution is 2.40. The summed E-state index contributed by atoms with van der Waals surface area (Å²) >= 11 is 0. The molecule has 1 fully saturated rings. The van der Waals surface area contributed by atoms with Crippen LogP contribution in [-0.4, -0.2) is 18.8 Å². The van der Waals surface area contributed by atoms with Crippen molar-refractivity contribution in [3.05, 3.63) is 0 Å². The van der Waals surface area contributed by atoms with Crippen molar-refractivity contribution in [3.8, 4) is 0 Å². The first-order valence-electron chi connectivity index (χ1n) is 5.23. The van der Waals surface area contributed by atoms with Crippen molar-refractivity contribution in [1.29, 1.82) is 0 Å². The Morgan fingerprint density at radius 2 is 1.69 bits per heavy atom. The second-order valence-corrected chi connectivity index (χ2v) is 5.32. The molecule has 0 saturated heterocycles. The van der Waals surface area contributed by atoms with E-state index < -0.39 is 0 Å². The van der Waals surface area contributed by atoms with Crippen LogP contribution < -0.4 is 5.73 Å². The van der Waals surface area contributed by atoms with Crippen LogP contribution in [0.5, 0.6) is 0 Å². The molecule has 1 saturated carbocycles. The lowest BCUT2D eigenvalue weighted by molar-refractivity contribution is -0.0526. The topological polar surface area (TPSA) is 35.2 Å². The number of hydrogen-bond acceptors (Lipinski definition) is 2. The quantitative estimate of drug-likeness (QED) is 0.716. The Labute approximate surface area is 81.8 Å². The Bertz CT molecular complexity index is 165. The number of hydrogen-bond donors (Lipinski definition) is 1. The SMILES string of the molecule is COC1(C(N)C(C)(C)C)CCCC1. The van der Waals surface area contributed by atoms with Gasteiger partial charge in [0.05, 0.1) is 5.60 Å². The van der Waals surface area contributed by atoms with Gasteiger partial charge in [0.2, 0.25) is 0 Å². The van der Waals surface area contributed by atoms with E-state index in [0.29, 0.717) is 0 Å². The first-order chi connectivity index (χ1) is 5.92. The first kappa shape index (κ1) is 11.0. The second kappa shape index (κ2) is 3.58. The molecule has 0 bridgehead atoms. The van der Waals surface area contributed by atoms with E-state index >= 15 is 0 Å². The summed E-state index contributed by atoms with van der Waals surface area (Å²) in [5.74, 6) is 0. The van der Waals surface area contributed by atoms with Gasteiger partial charge in [0, 0.05) is 13.2 Å². The van der Waals surface area contributed by atoms with E-state index in [-0.39, 0.29) is 17.1 Å². The van der Waals surface area contributed by atoms with Gasteiger partial charge in [-0.15, -0.1) is 0 Å². The fourth-order valence-corrected chi connectivity index (χ4v) is 2.40. The van der Waals surface area contributed by atoms with Gasteiger partial charge in [-0.2, -0.15) is 0 Å². The highest BCUT2D eigenvalue weighted by Gasteiger charge is 2.44. The molecule has 1 aliphatic rings. The van der Waals surface area contributed by atoms with E-state index in [1.165, 1.54) is 12.8 Å². The van der Waals surface area contributed by atoms with E-state index in [1.807, 2.05) is 0 Å². The van der Waals surface area contributed by atoms with Crippen molar-refractivity contribution >= 4 is 0 Å². The molecule has 0 aromatic rings. The third-order valence-electron chi connectivity index (χ3n) is 3.36. The minimum atomic E-state index is -0.0434. The highest BCUT2D eigenvalue weighted by molar-refractivity contribution is 5.00. The van der Waals surface area contributed by atoms with Crippen LogP contribution in [-0.2, 0) is 4.74 Å². The van der Waals surface area contributed by atoms with Crippen LogP contribution in [0.1, 0.15) is 46.5 Å². The van der Waals surface area contributed by atoms with Gasteiger partial charge in [0.25, 0.3) is 0 Å². The zero-order valence-electron chi connectivity index (χ0n) is 9.39. The summed E-state index contributed by atoms with van der Waals surface area (Å²) in [4.78, 5) is 0. The van der Waals surface area contributed by atoms with Gasteiger partial charge in [-0.1, -0.05) is 33.6 Å². The van der Waals surface area contributed by atoms with Crippen LogP contribution >= 0.6 is 0 Å². The van der Waals surface area contributed by atoms with Crippen LogP contribution in [0.3, 0.4) is 0 Å². The largest absolute Gasteiger partial charge is 0.377 e. The Kier molecular flexibility index (Phi) is 3.03. The van der Waals surface area contributed by atoms with Crippen LogP contribution in [0.4, 0.5) is 0 Å². The molecule has 0 aromatic heterocycles. The molecule has 2 N–H and O–H groups in total. The summed E-state index contributed by atoms with van der Waals surface area (Å²) in [6, 6.07) is 0.146. The molecule has 0 radical (unpaired) electrons. The average Bonchev–Trinajstić information content (AvgIpc) is 2.50. The molecule has 2 heteroatoms. The lowest BCUT2D eigenvalue weighted by atomic mass is 9.76. The van der Waals surface area contributed by atoms with Gasteiger partial charge in [-0.05, 0) is 18.3 Å². The fraction of sp³-hybridized carbons (Fsp3) is 1.00. The molecular weight excluding hydrogens is 162 g/mol. The van der Waals surface area contributed by atoms with E-state index in [1.54, 1.807) is 7.11 Å². The standard InChI is InChI=1S/C11H23NO/c1-10(2,3)9(12)11(13-4)7-5-6-8-11/h9H,5-8,12H2,1-4H3. The average molecular weight is 185 g/mol.